The molecular weight excluding hydrogens is 368 g/mol. The number of rotatable bonds is 2. The predicted molar refractivity (Wildman–Crippen MR) is 99.6 cm³/mol. The van der Waals surface area contributed by atoms with Gasteiger partial charge >= 0.3 is 0 Å². The Morgan fingerprint density at radius 1 is 1.30 bits per heavy atom. The summed E-state index contributed by atoms with van der Waals surface area (Å²) in [6.45, 7) is 0. The smallest absolute Gasteiger partial charge is 0.289 e. The molecule has 0 unspecified atom stereocenters. The maximum atomic E-state index is 11.9. The molecule has 1 spiro atoms. The Labute approximate surface area is 158 Å². The molecule has 9 heteroatoms. The van der Waals surface area contributed by atoms with E-state index < -0.39 is 10.8 Å². The van der Waals surface area contributed by atoms with E-state index >= 15 is 0 Å². The molecular formula is C18H14N4O4S. The number of non-ortho nitro benzene ring substituents is 1. The van der Waals surface area contributed by atoms with Gasteiger partial charge in [-0.2, -0.15) is 5.10 Å². The highest BCUT2D eigenvalue weighted by molar-refractivity contribution is 8.14. The second-order valence-corrected chi connectivity index (χ2v) is 7.49. The molecule has 27 heavy (non-hydrogen) atoms. The van der Waals surface area contributed by atoms with E-state index in [1.54, 1.807) is 11.1 Å². The van der Waals surface area contributed by atoms with Gasteiger partial charge in [0.05, 0.1) is 22.4 Å². The van der Waals surface area contributed by atoms with Crippen LogP contribution in [0.5, 0.6) is 5.75 Å². The maximum absolute atomic E-state index is 11.9. The molecule has 0 bridgehead atoms. The van der Waals surface area contributed by atoms with Gasteiger partial charge < -0.3 is 4.74 Å². The van der Waals surface area contributed by atoms with Crippen molar-refractivity contribution < 1.29 is 14.5 Å². The van der Waals surface area contributed by atoms with E-state index in [-0.39, 0.29) is 17.0 Å². The largest absolute Gasteiger partial charge is 0.447 e. The number of nitro groups is 1. The lowest BCUT2D eigenvalue weighted by Crippen LogP contribution is -2.62. The number of ether oxygens (including phenoxy) is 1. The second-order valence-electron chi connectivity index (χ2n) is 6.54. The first-order chi connectivity index (χ1) is 13.1. The number of hydrogen-bond donors (Lipinski definition) is 1. The molecule has 3 aliphatic heterocycles. The normalized spacial score (nSPS) is 25.5. The van der Waals surface area contributed by atoms with Crippen molar-refractivity contribution in [3.8, 4) is 5.75 Å². The number of hydrogen-bond acceptors (Lipinski definition) is 7. The van der Waals surface area contributed by atoms with Gasteiger partial charge in [0.15, 0.2) is 0 Å². The van der Waals surface area contributed by atoms with Crippen LogP contribution in [0.2, 0.25) is 0 Å². The Bertz CT molecular complexity index is 996. The molecule has 1 amide bonds. The molecule has 0 aromatic heterocycles. The predicted octanol–water partition coefficient (Wildman–Crippen LogP) is 3.25. The molecule has 136 valence electrons. The molecule has 1 fully saturated rings. The number of carbonyl (C=O) groups is 1. The van der Waals surface area contributed by atoms with Crippen LogP contribution in [0.4, 0.5) is 10.5 Å². The monoisotopic (exact) mass is 382 g/mol. The molecule has 3 aliphatic rings. The molecule has 1 N–H and O–H groups in total. The minimum absolute atomic E-state index is 0.00578. The van der Waals surface area contributed by atoms with E-state index in [1.807, 2.05) is 30.3 Å². The number of hydrazone groups is 1. The summed E-state index contributed by atoms with van der Waals surface area (Å²) in [7, 11) is 0. The van der Waals surface area contributed by atoms with Gasteiger partial charge in [-0.25, -0.2) is 5.01 Å². The van der Waals surface area contributed by atoms with E-state index in [0.717, 1.165) is 23.0 Å². The van der Waals surface area contributed by atoms with Crippen LogP contribution in [0.15, 0.2) is 53.6 Å². The van der Waals surface area contributed by atoms with E-state index in [1.165, 1.54) is 12.1 Å². The van der Waals surface area contributed by atoms with E-state index in [0.29, 0.717) is 23.5 Å². The highest BCUT2D eigenvalue weighted by atomic mass is 32.2. The molecule has 0 saturated carbocycles. The summed E-state index contributed by atoms with van der Waals surface area (Å²) in [5.41, 5.74) is 2.54. The highest BCUT2D eigenvalue weighted by Gasteiger charge is 2.55. The van der Waals surface area contributed by atoms with Crippen LogP contribution in [0.3, 0.4) is 0 Å². The quantitative estimate of drug-likeness (QED) is 0.633. The summed E-state index contributed by atoms with van der Waals surface area (Å²) in [4.78, 5) is 22.7. The zero-order valence-electron chi connectivity index (χ0n) is 14.0. The fourth-order valence-electron chi connectivity index (χ4n) is 3.70. The van der Waals surface area contributed by atoms with Crippen molar-refractivity contribution in [3.63, 3.8) is 0 Å². The third-order valence-electron chi connectivity index (χ3n) is 4.93. The lowest BCUT2D eigenvalue weighted by Gasteiger charge is -2.44. The van der Waals surface area contributed by atoms with Gasteiger partial charge in [0.1, 0.15) is 5.75 Å². The SMILES string of the molecule is O=C1N[C@]2(CS1)Oc1ccc([N+](=O)[O-])cc1[C@@H]1CC(c3ccccc3)=NN12. The number of nitrogens with zero attached hydrogens (tertiary/aromatic N) is 3. The summed E-state index contributed by atoms with van der Waals surface area (Å²) in [5, 5.41) is 20.4. The Morgan fingerprint density at radius 3 is 2.81 bits per heavy atom. The van der Waals surface area contributed by atoms with Gasteiger partial charge in [-0.05, 0) is 11.6 Å². The van der Waals surface area contributed by atoms with Crippen LogP contribution in [0, 0.1) is 10.1 Å². The van der Waals surface area contributed by atoms with Crippen LogP contribution < -0.4 is 10.1 Å². The first-order valence-corrected chi connectivity index (χ1v) is 9.39. The van der Waals surface area contributed by atoms with Crippen molar-refractivity contribution in [1.29, 1.82) is 0 Å². The van der Waals surface area contributed by atoms with Crippen LogP contribution in [-0.2, 0) is 0 Å². The summed E-state index contributed by atoms with van der Waals surface area (Å²) < 4.78 is 6.13. The van der Waals surface area contributed by atoms with Crippen molar-refractivity contribution in [3.05, 3.63) is 69.8 Å². The molecule has 0 aliphatic carbocycles. The molecule has 2 aromatic rings. The van der Waals surface area contributed by atoms with Gasteiger partial charge in [0.25, 0.3) is 16.8 Å². The zero-order valence-corrected chi connectivity index (χ0v) is 14.8. The number of nitrogens with one attached hydrogen (secondary N) is 1. The molecule has 3 heterocycles. The van der Waals surface area contributed by atoms with Crippen molar-refractivity contribution >= 4 is 28.4 Å². The first kappa shape index (κ1) is 16.1. The van der Waals surface area contributed by atoms with Crippen LogP contribution >= 0.6 is 11.8 Å². The standard InChI is InChI=1S/C18H14N4O4S/c23-17-19-18(10-27-17)21-15(9-14(20-21)11-4-2-1-3-5-11)13-8-12(22(24)25)6-7-16(13)26-18/h1-8,15H,9-10H2,(H,19,23)/t15-,18-/m0/s1. The fourth-order valence-corrected chi connectivity index (χ4v) is 4.52. The number of thioether (sulfide) groups is 1. The highest BCUT2D eigenvalue weighted by Crippen LogP contribution is 2.49. The number of fused-ring (bicyclic) bond motifs is 4. The molecule has 1 saturated heterocycles. The van der Waals surface area contributed by atoms with Gasteiger partial charge in [0, 0.05) is 24.1 Å². The molecule has 2 atom stereocenters. The minimum atomic E-state index is -1.08. The van der Waals surface area contributed by atoms with Crippen LogP contribution in [-0.4, -0.2) is 32.5 Å². The molecule has 0 radical (unpaired) electrons. The van der Waals surface area contributed by atoms with E-state index in [4.69, 9.17) is 9.84 Å². The number of nitro benzene ring substituents is 1. The summed E-state index contributed by atoms with van der Waals surface area (Å²) >= 11 is 1.14. The third kappa shape index (κ3) is 2.46. The fraction of sp³-hybridized carbons (Fsp3) is 0.222. The van der Waals surface area contributed by atoms with Crippen molar-refractivity contribution in [2.75, 3.05) is 5.75 Å². The van der Waals surface area contributed by atoms with Gasteiger partial charge in [-0.1, -0.05) is 42.1 Å². The Morgan fingerprint density at radius 2 is 2.11 bits per heavy atom. The average molecular weight is 382 g/mol. The van der Waals surface area contributed by atoms with Gasteiger partial charge in [-0.15, -0.1) is 0 Å². The average Bonchev–Trinajstić information content (AvgIpc) is 3.28. The van der Waals surface area contributed by atoms with Crippen molar-refractivity contribution in [2.24, 2.45) is 5.10 Å². The van der Waals surface area contributed by atoms with Crippen LogP contribution in [0.1, 0.15) is 23.6 Å². The second kappa shape index (κ2) is 5.71. The molecule has 5 rings (SSSR count). The Kier molecular flexibility index (Phi) is 3.41. The lowest BCUT2D eigenvalue weighted by atomic mass is 9.95. The summed E-state index contributed by atoms with van der Waals surface area (Å²) in [6, 6.07) is 14.1. The van der Waals surface area contributed by atoms with Crippen molar-refractivity contribution in [2.45, 2.75) is 18.3 Å². The molecule has 8 nitrogen and oxygen atoms in total. The van der Waals surface area contributed by atoms with Gasteiger partial charge in [0.2, 0.25) is 0 Å². The van der Waals surface area contributed by atoms with Gasteiger partial charge in [-0.3, -0.25) is 20.2 Å². The number of amides is 1. The maximum Gasteiger partial charge on any atom is 0.289 e. The van der Waals surface area contributed by atoms with E-state index in [2.05, 4.69) is 5.32 Å². The number of benzene rings is 2. The molecule has 2 aromatic carbocycles. The summed E-state index contributed by atoms with van der Waals surface area (Å²) in [6.07, 6.45) is 0.573. The van der Waals surface area contributed by atoms with Crippen LogP contribution in [0.25, 0.3) is 0 Å². The number of carbonyl (C=O) groups excluding carboxylic acids is 1. The summed E-state index contributed by atoms with van der Waals surface area (Å²) in [5.74, 6) is -0.162. The van der Waals surface area contributed by atoms with Crippen molar-refractivity contribution in [1.82, 2.24) is 10.3 Å². The third-order valence-corrected chi connectivity index (χ3v) is 5.83. The minimum Gasteiger partial charge on any atom is -0.447 e. The zero-order chi connectivity index (χ0) is 18.6. The topological polar surface area (TPSA) is 97.1 Å². The van der Waals surface area contributed by atoms with E-state index in [9.17, 15) is 14.9 Å². The Balaban J connectivity index is 1.63. The lowest BCUT2D eigenvalue weighted by molar-refractivity contribution is -0.385. The Hall–Kier alpha value is -3.07. The first-order valence-electron chi connectivity index (χ1n) is 8.40.